The number of carbonyl (C=O) groups excluding carboxylic acids is 3. The minimum atomic E-state index is -0.802. The summed E-state index contributed by atoms with van der Waals surface area (Å²) in [6, 6.07) is 0. The van der Waals surface area contributed by atoms with Gasteiger partial charge in [-0.25, -0.2) is 4.79 Å². The molecule has 0 bridgehead atoms. The lowest BCUT2D eigenvalue weighted by molar-refractivity contribution is -0.153. The van der Waals surface area contributed by atoms with Gasteiger partial charge in [-0.2, -0.15) is 0 Å². The summed E-state index contributed by atoms with van der Waals surface area (Å²) < 4.78 is 4.46. The molecule has 0 saturated carbocycles. The number of rotatable bonds is 6. The van der Waals surface area contributed by atoms with E-state index in [4.69, 9.17) is 0 Å². The molecule has 0 unspecified atom stereocenters. The largest absolute Gasteiger partial charge is 0.460 e. The normalized spacial score (nSPS) is 9.08. The topological polar surface area (TPSA) is 60.4 Å². The van der Waals surface area contributed by atoms with Crippen molar-refractivity contribution >= 4 is 18.0 Å². The second kappa shape index (κ2) is 6.52. The van der Waals surface area contributed by atoms with Crippen molar-refractivity contribution in [2.45, 2.75) is 26.2 Å². The van der Waals surface area contributed by atoms with Gasteiger partial charge in [0.25, 0.3) is 0 Å². The van der Waals surface area contributed by atoms with E-state index in [9.17, 15) is 14.4 Å². The molecule has 0 N–H and O–H groups in total. The number of hydrogen-bond acceptors (Lipinski definition) is 4. The highest BCUT2D eigenvalue weighted by molar-refractivity contribution is 6.33. The van der Waals surface area contributed by atoms with Gasteiger partial charge in [-0.1, -0.05) is 0 Å². The summed E-state index contributed by atoms with van der Waals surface area (Å²) in [6.45, 7) is 1.84. The van der Waals surface area contributed by atoms with E-state index in [1.165, 1.54) is 0 Å². The standard InChI is InChI=1S/C8H12O4/c1-2-12-8(11)7(10)5-3-4-6-9/h6H,2-5H2,1H3. The molecule has 0 aromatic carbocycles. The maximum absolute atomic E-state index is 10.8. The monoisotopic (exact) mass is 172 g/mol. The summed E-state index contributed by atoms with van der Waals surface area (Å²) in [6.07, 6.45) is 1.54. The quantitative estimate of drug-likeness (QED) is 0.253. The lowest BCUT2D eigenvalue weighted by atomic mass is 10.2. The number of hydrogen-bond donors (Lipinski definition) is 0. The van der Waals surface area contributed by atoms with Crippen molar-refractivity contribution in [1.82, 2.24) is 0 Å². The van der Waals surface area contributed by atoms with E-state index in [2.05, 4.69) is 4.74 Å². The molecule has 68 valence electrons. The van der Waals surface area contributed by atoms with Gasteiger partial charge in [0.05, 0.1) is 6.61 Å². The molecule has 0 rings (SSSR count). The molecule has 0 amide bonds. The Balaban J connectivity index is 3.57. The maximum Gasteiger partial charge on any atom is 0.374 e. The van der Waals surface area contributed by atoms with Crippen molar-refractivity contribution in [3.63, 3.8) is 0 Å². The molecule has 0 aromatic heterocycles. The van der Waals surface area contributed by atoms with Crippen molar-refractivity contribution in [2.75, 3.05) is 6.61 Å². The first kappa shape index (κ1) is 10.8. The van der Waals surface area contributed by atoms with Crippen LogP contribution < -0.4 is 0 Å². The number of ketones is 1. The van der Waals surface area contributed by atoms with E-state index in [0.29, 0.717) is 12.8 Å². The van der Waals surface area contributed by atoms with Crippen molar-refractivity contribution in [2.24, 2.45) is 0 Å². The van der Waals surface area contributed by atoms with Gasteiger partial charge < -0.3 is 9.53 Å². The maximum atomic E-state index is 10.8. The number of aldehydes is 1. The zero-order chi connectivity index (χ0) is 9.40. The third-order valence-corrected chi connectivity index (χ3v) is 1.23. The Hall–Kier alpha value is -1.19. The van der Waals surface area contributed by atoms with Gasteiger partial charge in [0.2, 0.25) is 5.78 Å². The summed E-state index contributed by atoms with van der Waals surface area (Å²) in [4.78, 5) is 31.3. The van der Waals surface area contributed by atoms with Gasteiger partial charge in [0.1, 0.15) is 6.29 Å². The molecule has 0 heterocycles. The van der Waals surface area contributed by atoms with Crippen LogP contribution in [-0.4, -0.2) is 24.6 Å². The molecule has 4 nitrogen and oxygen atoms in total. The van der Waals surface area contributed by atoms with E-state index in [-0.39, 0.29) is 13.0 Å². The van der Waals surface area contributed by atoms with Crippen molar-refractivity contribution in [3.8, 4) is 0 Å². The zero-order valence-electron chi connectivity index (χ0n) is 7.04. The van der Waals surface area contributed by atoms with Crippen LogP contribution in [0.4, 0.5) is 0 Å². The number of Topliss-reactive ketones (excluding diaryl/α,β-unsaturated/α-hetero) is 1. The lowest BCUT2D eigenvalue weighted by Gasteiger charge is -1.98. The number of carbonyl (C=O) groups is 3. The molecule has 0 aliphatic heterocycles. The third kappa shape index (κ3) is 4.60. The predicted molar refractivity (Wildman–Crippen MR) is 41.6 cm³/mol. The highest BCUT2D eigenvalue weighted by atomic mass is 16.5. The Morgan fingerprint density at radius 2 is 2.08 bits per heavy atom. The second-order valence-electron chi connectivity index (χ2n) is 2.20. The fraction of sp³-hybridized carbons (Fsp3) is 0.625. The predicted octanol–water partition coefficient (Wildman–Crippen LogP) is 0.488. The van der Waals surface area contributed by atoms with Gasteiger partial charge >= 0.3 is 5.97 Å². The average molecular weight is 172 g/mol. The van der Waals surface area contributed by atoms with Crippen LogP contribution in [0, 0.1) is 0 Å². The third-order valence-electron chi connectivity index (χ3n) is 1.23. The minimum Gasteiger partial charge on any atom is -0.460 e. The summed E-state index contributed by atoms with van der Waals surface area (Å²) in [5.41, 5.74) is 0. The smallest absolute Gasteiger partial charge is 0.374 e. The first-order valence-corrected chi connectivity index (χ1v) is 3.86. The van der Waals surface area contributed by atoms with E-state index < -0.39 is 11.8 Å². The van der Waals surface area contributed by atoms with E-state index >= 15 is 0 Å². The zero-order valence-corrected chi connectivity index (χ0v) is 7.04. The van der Waals surface area contributed by atoms with Crippen LogP contribution in [0.5, 0.6) is 0 Å². The van der Waals surface area contributed by atoms with E-state index in [0.717, 1.165) is 6.29 Å². The molecule has 0 aromatic rings. The van der Waals surface area contributed by atoms with Crippen LogP contribution in [0.2, 0.25) is 0 Å². The summed E-state index contributed by atoms with van der Waals surface area (Å²) in [7, 11) is 0. The molecular formula is C8H12O4. The van der Waals surface area contributed by atoms with Gasteiger partial charge in [0, 0.05) is 12.8 Å². The fourth-order valence-corrected chi connectivity index (χ4v) is 0.660. The Morgan fingerprint density at radius 1 is 1.42 bits per heavy atom. The van der Waals surface area contributed by atoms with Crippen LogP contribution >= 0.6 is 0 Å². The molecule has 0 spiro atoms. The van der Waals surface area contributed by atoms with Crippen LogP contribution in [0.3, 0.4) is 0 Å². The van der Waals surface area contributed by atoms with Crippen LogP contribution in [0.25, 0.3) is 0 Å². The van der Waals surface area contributed by atoms with E-state index in [1.54, 1.807) is 6.92 Å². The highest BCUT2D eigenvalue weighted by Gasteiger charge is 2.13. The molecule has 0 aliphatic carbocycles. The van der Waals surface area contributed by atoms with Crippen LogP contribution in [-0.2, 0) is 19.1 Å². The Kier molecular flexibility index (Phi) is 5.87. The molecule has 0 saturated heterocycles. The molecule has 4 heteroatoms. The second-order valence-corrected chi connectivity index (χ2v) is 2.20. The van der Waals surface area contributed by atoms with Gasteiger partial charge in [-0.05, 0) is 13.3 Å². The van der Waals surface area contributed by atoms with Gasteiger partial charge in [0.15, 0.2) is 0 Å². The average Bonchev–Trinajstić information content (AvgIpc) is 2.05. The molecule has 0 atom stereocenters. The van der Waals surface area contributed by atoms with Crippen molar-refractivity contribution in [1.29, 1.82) is 0 Å². The Bertz CT molecular complexity index is 174. The SMILES string of the molecule is CCOC(=O)C(=O)CCCC=O. The van der Waals surface area contributed by atoms with Crippen molar-refractivity contribution < 1.29 is 19.1 Å². The fourth-order valence-electron chi connectivity index (χ4n) is 0.660. The first-order valence-electron chi connectivity index (χ1n) is 3.86. The van der Waals surface area contributed by atoms with Crippen LogP contribution in [0.15, 0.2) is 0 Å². The van der Waals surface area contributed by atoms with Crippen LogP contribution in [0.1, 0.15) is 26.2 Å². The minimum absolute atomic E-state index is 0.0948. The highest BCUT2D eigenvalue weighted by Crippen LogP contribution is 1.95. The lowest BCUT2D eigenvalue weighted by Crippen LogP contribution is -2.16. The molecule has 0 radical (unpaired) electrons. The molecule has 0 fully saturated rings. The summed E-state index contributed by atoms with van der Waals surface area (Å²) in [5.74, 6) is -1.36. The first-order chi connectivity index (χ1) is 5.72. The van der Waals surface area contributed by atoms with Crippen molar-refractivity contribution in [3.05, 3.63) is 0 Å². The Morgan fingerprint density at radius 3 is 2.58 bits per heavy atom. The summed E-state index contributed by atoms with van der Waals surface area (Å²) >= 11 is 0. The number of unbranched alkanes of at least 4 members (excludes halogenated alkanes) is 1. The molecule has 0 aliphatic rings. The summed E-state index contributed by atoms with van der Waals surface area (Å²) in [5, 5.41) is 0. The number of esters is 1. The van der Waals surface area contributed by atoms with E-state index in [1.807, 2.05) is 0 Å². The van der Waals surface area contributed by atoms with Gasteiger partial charge in [-0.15, -0.1) is 0 Å². The Labute approximate surface area is 70.9 Å². The number of ether oxygens (including phenoxy) is 1. The van der Waals surface area contributed by atoms with Gasteiger partial charge in [-0.3, -0.25) is 4.79 Å². The molecule has 12 heavy (non-hydrogen) atoms. The molecular weight excluding hydrogens is 160 g/mol.